The van der Waals surface area contributed by atoms with Crippen molar-refractivity contribution in [2.24, 2.45) is 5.92 Å². The second-order valence-electron chi connectivity index (χ2n) is 4.73. The number of ether oxygens (including phenoxy) is 1. The Labute approximate surface area is 107 Å². The van der Waals surface area contributed by atoms with Crippen LogP contribution in [0.4, 0.5) is 0 Å². The van der Waals surface area contributed by atoms with E-state index in [0.717, 1.165) is 38.3 Å². The van der Waals surface area contributed by atoms with Crippen LogP contribution in [0.2, 0.25) is 0 Å². The summed E-state index contributed by atoms with van der Waals surface area (Å²) in [7, 11) is 1.79. The highest BCUT2D eigenvalue weighted by atomic mass is 16.5. The quantitative estimate of drug-likeness (QED) is 0.863. The summed E-state index contributed by atoms with van der Waals surface area (Å²) in [5, 5.41) is 6.70. The summed E-state index contributed by atoms with van der Waals surface area (Å²) >= 11 is 0. The van der Waals surface area contributed by atoms with Crippen molar-refractivity contribution < 1.29 is 9.53 Å². The molecule has 1 unspecified atom stereocenters. The SMILES string of the molecule is CCc1nc(C(=O)N(C)CC2CCCOC2)n[nH]1. The molecule has 1 aliphatic rings. The van der Waals surface area contributed by atoms with Crippen molar-refractivity contribution in [3.05, 3.63) is 11.6 Å². The number of rotatable bonds is 4. The lowest BCUT2D eigenvalue weighted by atomic mass is 10.0. The topological polar surface area (TPSA) is 71.1 Å². The number of carbonyl (C=O) groups excluding carboxylic acids is 1. The lowest BCUT2D eigenvalue weighted by Gasteiger charge is -2.26. The van der Waals surface area contributed by atoms with Gasteiger partial charge in [-0.3, -0.25) is 9.89 Å². The molecule has 1 amide bonds. The van der Waals surface area contributed by atoms with Crippen LogP contribution in [0, 0.1) is 5.92 Å². The summed E-state index contributed by atoms with van der Waals surface area (Å²) in [6, 6.07) is 0. The molecule has 0 saturated carbocycles. The fourth-order valence-electron chi connectivity index (χ4n) is 2.14. The third kappa shape index (κ3) is 3.07. The van der Waals surface area contributed by atoms with E-state index >= 15 is 0 Å². The molecule has 0 spiro atoms. The summed E-state index contributed by atoms with van der Waals surface area (Å²) in [5.74, 6) is 1.30. The number of H-pyrrole nitrogens is 1. The van der Waals surface area contributed by atoms with Gasteiger partial charge in [0, 0.05) is 26.6 Å². The molecule has 0 aliphatic carbocycles. The molecule has 1 aromatic rings. The summed E-state index contributed by atoms with van der Waals surface area (Å²) in [6.07, 6.45) is 2.94. The zero-order valence-corrected chi connectivity index (χ0v) is 11.0. The third-order valence-corrected chi connectivity index (χ3v) is 3.19. The summed E-state index contributed by atoms with van der Waals surface area (Å²) in [4.78, 5) is 17.9. The fourth-order valence-corrected chi connectivity index (χ4v) is 2.14. The second-order valence-corrected chi connectivity index (χ2v) is 4.73. The molecular weight excluding hydrogens is 232 g/mol. The van der Waals surface area contributed by atoms with Crippen molar-refractivity contribution in [1.82, 2.24) is 20.1 Å². The molecule has 1 atom stereocenters. The van der Waals surface area contributed by atoms with Gasteiger partial charge in [0.1, 0.15) is 5.82 Å². The van der Waals surface area contributed by atoms with Crippen LogP contribution in [-0.2, 0) is 11.2 Å². The number of hydrogen-bond acceptors (Lipinski definition) is 4. The van der Waals surface area contributed by atoms with Crippen LogP contribution in [0.5, 0.6) is 0 Å². The Bertz CT molecular complexity index is 399. The Morgan fingerprint density at radius 1 is 1.61 bits per heavy atom. The first-order valence-electron chi connectivity index (χ1n) is 6.45. The fraction of sp³-hybridized carbons (Fsp3) is 0.750. The number of hydrogen-bond donors (Lipinski definition) is 1. The number of aromatic amines is 1. The minimum Gasteiger partial charge on any atom is -0.381 e. The van der Waals surface area contributed by atoms with Gasteiger partial charge in [-0.15, -0.1) is 5.10 Å². The van der Waals surface area contributed by atoms with Crippen molar-refractivity contribution in [3.8, 4) is 0 Å². The zero-order valence-electron chi connectivity index (χ0n) is 11.0. The van der Waals surface area contributed by atoms with E-state index in [0.29, 0.717) is 12.5 Å². The molecule has 0 bridgehead atoms. The molecule has 0 aromatic carbocycles. The third-order valence-electron chi connectivity index (χ3n) is 3.19. The van der Waals surface area contributed by atoms with Gasteiger partial charge in [-0.05, 0) is 18.8 Å². The van der Waals surface area contributed by atoms with Crippen LogP contribution < -0.4 is 0 Å². The Kier molecular flexibility index (Phi) is 4.30. The normalized spacial score (nSPS) is 19.8. The number of nitrogens with zero attached hydrogens (tertiary/aromatic N) is 3. The minimum absolute atomic E-state index is 0.128. The first kappa shape index (κ1) is 13.0. The molecule has 1 aliphatic heterocycles. The second kappa shape index (κ2) is 5.95. The molecular formula is C12H20N4O2. The van der Waals surface area contributed by atoms with E-state index in [1.807, 2.05) is 6.92 Å². The molecule has 0 radical (unpaired) electrons. The predicted molar refractivity (Wildman–Crippen MR) is 66.3 cm³/mol. The van der Waals surface area contributed by atoms with E-state index in [1.165, 1.54) is 0 Å². The average Bonchev–Trinajstić information content (AvgIpc) is 2.87. The minimum atomic E-state index is -0.128. The first-order chi connectivity index (χ1) is 8.70. The molecule has 1 saturated heterocycles. The van der Waals surface area contributed by atoms with E-state index in [2.05, 4.69) is 15.2 Å². The highest BCUT2D eigenvalue weighted by Gasteiger charge is 2.21. The summed E-state index contributed by atoms with van der Waals surface area (Å²) < 4.78 is 5.41. The number of carbonyl (C=O) groups is 1. The van der Waals surface area contributed by atoms with Gasteiger partial charge in [0.05, 0.1) is 6.61 Å². The van der Waals surface area contributed by atoms with Crippen molar-refractivity contribution in [1.29, 1.82) is 0 Å². The predicted octanol–water partition coefficient (Wildman–Crippen LogP) is 0.866. The molecule has 100 valence electrons. The number of aryl methyl sites for hydroxylation is 1. The number of nitrogens with one attached hydrogen (secondary N) is 1. The van der Waals surface area contributed by atoms with Gasteiger partial charge in [-0.2, -0.15) is 0 Å². The zero-order chi connectivity index (χ0) is 13.0. The molecule has 1 aromatic heterocycles. The van der Waals surface area contributed by atoms with Gasteiger partial charge >= 0.3 is 0 Å². The maximum atomic E-state index is 12.1. The van der Waals surface area contributed by atoms with Gasteiger partial charge in [0.25, 0.3) is 5.91 Å². The van der Waals surface area contributed by atoms with Crippen molar-refractivity contribution in [2.75, 3.05) is 26.8 Å². The van der Waals surface area contributed by atoms with Crippen LogP contribution in [0.15, 0.2) is 0 Å². The first-order valence-corrected chi connectivity index (χ1v) is 6.45. The Morgan fingerprint density at radius 3 is 3.06 bits per heavy atom. The van der Waals surface area contributed by atoms with E-state index in [4.69, 9.17) is 4.74 Å². The van der Waals surface area contributed by atoms with Gasteiger partial charge < -0.3 is 9.64 Å². The average molecular weight is 252 g/mol. The highest BCUT2D eigenvalue weighted by molar-refractivity contribution is 5.90. The van der Waals surface area contributed by atoms with Crippen molar-refractivity contribution in [3.63, 3.8) is 0 Å². The molecule has 1 N–H and O–H groups in total. The lowest BCUT2D eigenvalue weighted by molar-refractivity contribution is 0.0385. The summed E-state index contributed by atoms with van der Waals surface area (Å²) in [6.45, 7) is 4.26. The van der Waals surface area contributed by atoms with E-state index in [1.54, 1.807) is 11.9 Å². The standard InChI is InChI=1S/C12H20N4O2/c1-3-10-13-11(15-14-10)12(17)16(2)7-9-5-4-6-18-8-9/h9H,3-8H2,1-2H3,(H,13,14,15). The number of amides is 1. The number of aromatic nitrogens is 3. The summed E-state index contributed by atoms with van der Waals surface area (Å²) in [5.41, 5.74) is 0. The van der Waals surface area contributed by atoms with Crippen LogP contribution in [0.3, 0.4) is 0 Å². The van der Waals surface area contributed by atoms with Gasteiger partial charge in [0.2, 0.25) is 5.82 Å². The lowest BCUT2D eigenvalue weighted by Crippen LogP contribution is -2.35. The maximum Gasteiger partial charge on any atom is 0.293 e. The smallest absolute Gasteiger partial charge is 0.293 e. The Balaban J connectivity index is 1.91. The molecule has 6 nitrogen and oxygen atoms in total. The van der Waals surface area contributed by atoms with Crippen LogP contribution in [-0.4, -0.2) is 52.8 Å². The van der Waals surface area contributed by atoms with Crippen LogP contribution >= 0.6 is 0 Å². The van der Waals surface area contributed by atoms with E-state index in [9.17, 15) is 4.79 Å². The van der Waals surface area contributed by atoms with E-state index < -0.39 is 0 Å². The largest absolute Gasteiger partial charge is 0.381 e. The van der Waals surface area contributed by atoms with Gasteiger partial charge in [-0.25, -0.2) is 4.98 Å². The Hall–Kier alpha value is -1.43. The molecule has 6 heteroatoms. The van der Waals surface area contributed by atoms with Gasteiger partial charge in [-0.1, -0.05) is 6.92 Å². The Morgan fingerprint density at radius 2 is 2.44 bits per heavy atom. The molecule has 2 rings (SSSR count). The highest BCUT2D eigenvalue weighted by Crippen LogP contribution is 2.15. The molecule has 18 heavy (non-hydrogen) atoms. The monoisotopic (exact) mass is 252 g/mol. The molecule has 2 heterocycles. The van der Waals surface area contributed by atoms with Crippen molar-refractivity contribution >= 4 is 5.91 Å². The van der Waals surface area contributed by atoms with Crippen molar-refractivity contribution in [2.45, 2.75) is 26.2 Å². The van der Waals surface area contributed by atoms with Crippen LogP contribution in [0.25, 0.3) is 0 Å². The van der Waals surface area contributed by atoms with Crippen LogP contribution in [0.1, 0.15) is 36.2 Å². The van der Waals surface area contributed by atoms with E-state index in [-0.39, 0.29) is 11.7 Å². The van der Waals surface area contributed by atoms with Gasteiger partial charge in [0.15, 0.2) is 0 Å². The maximum absolute atomic E-state index is 12.1. The molecule has 1 fully saturated rings.